The van der Waals surface area contributed by atoms with Gasteiger partial charge in [0.2, 0.25) is 0 Å². The van der Waals surface area contributed by atoms with Crippen LogP contribution in [-0.2, 0) is 0 Å². The Morgan fingerprint density at radius 2 is 1.83 bits per heavy atom. The largest absolute Gasteiger partial charge is 0.435 e. The number of ether oxygens (including phenoxy) is 1. The van der Waals surface area contributed by atoms with Gasteiger partial charge in [0.15, 0.2) is 0 Å². The highest BCUT2D eigenvalue weighted by Gasteiger charge is 2.04. The second-order valence-electron chi connectivity index (χ2n) is 3.54. The SMILES string of the molecule is FC(F)Oc1ccc2cc(C#CCCl)ccc2c1. The second-order valence-corrected chi connectivity index (χ2v) is 3.80. The standard InChI is InChI=1S/C14H9ClF2O/c15-7-1-2-10-3-4-12-9-13(18-14(16)17)6-5-11(12)8-10/h3-6,8-9,14H,7H2. The fraction of sp³-hybridized carbons (Fsp3) is 0.143. The third-order valence-corrected chi connectivity index (χ3v) is 2.47. The molecule has 0 amide bonds. The van der Waals surface area contributed by atoms with Crippen LogP contribution >= 0.6 is 11.6 Å². The summed E-state index contributed by atoms with van der Waals surface area (Å²) in [5.74, 6) is 6.09. The third kappa shape index (κ3) is 3.12. The van der Waals surface area contributed by atoms with E-state index >= 15 is 0 Å². The number of hydrogen-bond acceptors (Lipinski definition) is 1. The van der Waals surface area contributed by atoms with Gasteiger partial charge in [-0.25, -0.2) is 0 Å². The molecule has 0 atom stereocenters. The Bertz CT molecular complexity index is 614. The van der Waals surface area contributed by atoms with Gasteiger partial charge in [0.05, 0.1) is 5.88 Å². The zero-order chi connectivity index (χ0) is 13.0. The number of fused-ring (bicyclic) bond motifs is 1. The Labute approximate surface area is 108 Å². The van der Waals surface area contributed by atoms with Crippen LogP contribution in [0.1, 0.15) is 5.56 Å². The van der Waals surface area contributed by atoms with E-state index < -0.39 is 6.61 Å². The van der Waals surface area contributed by atoms with E-state index in [-0.39, 0.29) is 11.6 Å². The zero-order valence-corrected chi connectivity index (χ0v) is 10.0. The van der Waals surface area contributed by atoms with Crippen LogP contribution in [0.25, 0.3) is 10.8 Å². The Morgan fingerprint density at radius 3 is 2.56 bits per heavy atom. The van der Waals surface area contributed by atoms with E-state index in [9.17, 15) is 8.78 Å². The van der Waals surface area contributed by atoms with Gasteiger partial charge in [0, 0.05) is 5.56 Å². The molecule has 0 fully saturated rings. The number of benzene rings is 2. The summed E-state index contributed by atoms with van der Waals surface area (Å²) in [6, 6.07) is 10.3. The Morgan fingerprint density at radius 1 is 1.11 bits per heavy atom. The predicted molar refractivity (Wildman–Crippen MR) is 68.2 cm³/mol. The van der Waals surface area contributed by atoms with E-state index in [0.29, 0.717) is 0 Å². The minimum absolute atomic E-state index is 0.150. The summed E-state index contributed by atoms with van der Waals surface area (Å²) in [7, 11) is 0. The van der Waals surface area contributed by atoms with E-state index in [1.165, 1.54) is 6.07 Å². The molecule has 2 rings (SSSR count). The molecule has 0 unspecified atom stereocenters. The van der Waals surface area contributed by atoms with Gasteiger partial charge in [-0.15, -0.1) is 11.6 Å². The molecule has 0 aliphatic carbocycles. The number of halogens is 3. The first kappa shape index (κ1) is 12.7. The second kappa shape index (κ2) is 5.70. The Hall–Kier alpha value is -1.79. The molecule has 0 aliphatic rings. The summed E-state index contributed by atoms with van der Waals surface area (Å²) in [4.78, 5) is 0. The van der Waals surface area contributed by atoms with Crippen molar-refractivity contribution in [1.29, 1.82) is 0 Å². The molecule has 0 saturated heterocycles. The molecule has 18 heavy (non-hydrogen) atoms. The lowest BCUT2D eigenvalue weighted by Crippen LogP contribution is -2.01. The van der Waals surface area contributed by atoms with Gasteiger partial charge in [-0.2, -0.15) is 8.78 Å². The monoisotopic (exact) mass is 266 g/mol. The maximum atomic E-state index is 12.1. The van der Waals surface area contributed by atoms with Crippen LogP contribution < -0.4 is 4.74 Å². The highest BCUT2D eigenvalue weighted by molar-refractivity contribution is 6.19. The molecular weight excluding hydrogens is 258 g/mol. The highest BCUT2D eigenvalue weighted by Crippen LogP contribution is 2.23. The lowest BCUT2D eigenvalue weighted by atomic mass is 10.1. The first-order valence-corrected chi connectivity index (χ1v) is 5.76. The van der Waals surface area contributed by atoms with E-state index in [2.05, 4.69) is 16.6 Å². The topological polar surface area (TPSA) is 9.23 Å². The van der Waals surface area contributed by atoms with Crippen LogP contribution in [0.2, 0.25) is 0 Å². The van der Waals surface area contributed by atoms with Crippen molar-refractivity contribution >= 4 is 22.4 Å². The maximum absolute atomic E-state index is 12.1. The van der Waals surface area contributed by atoms with Gasteiger partial charge in [0.25, 0.3) is 0 Å². The van der Waals surface area contributed by atoms with Gasteiger partial charge >= 0.3 is 6.61 Å². The maximum Gasteiger partial charge on any atom is 0.387 e. The van der Waals surface area contributed by atoms with Crippen LogP contribution in [0.15, 0.2) is 36.4 Å². The first-order chi connectivity index (χ1) is 8.69. The molecular formula is C14H9ClF2O. The van der Waals surface area contributed by atoms with Gasteiger partial charge in [-0.05, 0) is 35.0 Å². The van der Waals surface area contributed by atoms with Crippen molar-refractivity contribution in [3.63, 3.8) is 0 Å². The highest BCUT2D eigenvalue weighted by atomic mass is 35.5. The average molecular weight is 267 g/mol. The van der Waals surface area contributed by atoms with Crippen LogP contribution in [0, 0.1) is 11.8 Å². The van der Waals surface area contributed by atoms with Crippen LogP contribution in [0.4, 0.5) is 8.78 Å². The van der Waals surface area contributed by atoms with Gasteiger partial charge < -0.3 is 4.74 Å². The average Bonchev–Trinajstić information content (AvgIpc) is 2.35. The van der Waals surface area contributed by atoms with E-state index in [1.54, 1.807) is 12.1 Å². The summed E-state index contributed by atoms with van der Waals surface area (Å²) in [6.07, 6.45) is 0. The lowest BCUT2D eigenvalue weighted by molar-refractivity contribution is -0.0497. The van der Waals surface area contributed by atoms with Crippen molar-refractivity contribution in [1.82, 2.24) is 0 Å². The minimum Gasteiger partial charge on any atom is -0.435 e. The quantitative estimate of drug-likeness (QED) is 0.589. The molecule has 0 aromatic heterocycles. The molecule has 92 valence electrons. The molecule has 2 aromatic carbocycles. The van der Waals surface area contributed by atoms with Crippen molar-refractivity contribution < 1.29 is 13.5 Å². The first-order valence-electron chi connectivity index (χ1n) is 5.22. The molecule has 0 aliphatic heterocycles. The van der Waals surface area contributed by atoms with Crippen molar-refractivity contribution in [2.45, 2.75) is 6.61 Å². The number of hydrogen-bond donors (Lipinski definition) is 0. The van der Waals surface area contributed by atoms with Crippen LogP contribution in [-0.4, -0.2) is 12.5 Å². The van der Waals surface area contributed by atoms with Gasteiger partial charge in [-0.3, -0.25) is 0 Å². The molecule has 0 radical (unpaired) electrons. The van der Waals surface area contributed by atoms with E-state index in [4.69, 9.17) is 11.6 Å². The lowest BCUT2D eigenvalue weighted by Gasteiger charge is -2.05. The summed E-state index contributed by atoms with van der Waals surface area (Å²) in [5, 5.41) is 1.74. The minimum atomic E-state index is -2.81. The van der Waals surface area contributed by atoms with Crippen molar-refractivity contribution in [3.8, 4) is 17.6 Å². The molecule has 0 heterocycles. The summed E-state index contributed by atoms with van der Waals surface area (Å²) in [5.41, 5.74) is 0.839. The zero-order valence-electron chi connectivity index (χ0n) is 9.29. The van der Waals surface area contributed by atoms with Gasteiger partial charge in [-0.1, -0.05) is 24.0 Å². The van der Waals surface area contributed by atoms with Gasteiger partial charge in [0.1, 0.15) is 5.75 Å². The van der Waals surface area contributed by atoms with Crippen molar-refractivity contribution in [2.75, 3.05) is 5.88 Å². The molecule has 0 spiro atoms. The molecule has 4 heteroatoms. The molecule has 0 N–H and O–H groups in total. The normalized spacial score (nSPS) is 10.2. The van der Waals surface area contributed by atoms with E-state index in [1.807, 2.05) is 18.2 Å². The van der Waals surface area contributed by atoms with Crippen molar-refractivity contribution in [3.05, 3.63) is 42.0 Å². The van der Waals surface area contributed by atoms with Crippen molar-refractivity contribution in [2.24, 2.45) is 0 Å². The van der Waals surface area contributed by atoms with Crippen LogP contribution in [0.3, 0.4) is 0 Å². The third-order valence-electron chi connectivity index (χ3n) is 2.34. The molecule has 2 aromatic rings. The summed E-state index contributed by atoms with van der Waals surface area (Å²) < 4.78 is 28.5. The molecule has 0 bridgehead atoms. The summed E-state index contributed by atoms with van der Waals surface area (Å²) >= 11 is 5.48. The number of alkyl halides is 3. The fourth-order valence-corrected chi connectivity index (χ4v) is 1.68. The molecule has 1 nitrogen and oxygen atoms in total. The smallest absolute Gasteiger partial charge is 0.387 e. The van der Waals surface area contributed by atoms with Crippen LogP contribution in [0.5, 0.6) is 5.75 Å². The summed E-state index contributed by atoms with van der Waals surface area (Å²) in [6.45, 7) is -2.81. The fourth-order valence-electron chi connectivity index (χ4n) is 1.61. The number of rotatable bonds is 2. The molecule has 0 saturated carbocycles. The predicted octanol–water partition coefficient (Wildman–Crippen LogP) is 4.03. The Kier molecular flexibility index (Phi) is 4.01. The van der Waals surface area contributed by atoms with E-state index in [0.717, 1.165) is 16.3 Å². The Balaban J connectivity index is 2.35.